The summed E-state index contributed by atoms with van der Waals surface area (Å²) in [7, 11) is 0. The smallest absolute Gasteiger partial charge is 0.319 e. The number of carbonyl (C=O) groups excluding carboxylic acids is 3. The molecule has 1 saturated carbocycles. The lowest BCUT2D eigenvalue weighted by Crippen LogP contribution is -2.52. The Hall–Kier alpha value is -3.14. The summed E-state index contributed by atoms with van der Waals surface area (Å²) in [6.07, 6.45) is 5.10. The van der Waals surface area contributed by atoms with Crippen LogP contribution in [0.1, 0.15) is 48.0 Å². The zero-order valence-electron chi connectivity index (χ0n) is 22.7. The number of rotatable bonds is 4. The highest BCUT2D eigenvalue weighted by molar-refractivity contribution is 6.34. The fourth-order valence-electron chi connectivity index (χ4n) is 6.46. The highest BCUT2D eigenvalue weighted by Crippen LogP contribution is 2.46. The number of anilines is 1. The average Bonchev–Trinajstić information content (AvgIpc) is 2.98. The Morgan fingerprint density at radius 1 is 0.875 bits per heavy atom. The Bertz CT molecular complexity index is 1280. The third kappa shape index (κ3) is 5.42. The Morgan fingerprint density at radius 2 is 1.57 bits per heavy atom. The summed E-state index contributed by atoms with van der Waals surface area (Å²) >= 11 is 6.70. The van der Waals surface area contributed by atoms with Gasteiger partial charge in [0.05, 0.1) is 36.0 Å². The number of morpholine rings is 1. The maximum absolute atomic E-state index is 13.3. The molecular formula is C30H36ClN5O4. The molecule has 212 valence electrons. The number of nitrogens with zero attached hydrogens (tertiary/aromatic N) is 3. The lowest BCUT2D eigenvalue weighted by molar-refractivity contribution is -0.136. The number of hydrogen-bond acceptors (Lipinski definition) is 5. The topological polar surface area (TPSA) is 94.2 Å². The predicted octanol–water partition coefficient (Wildman–Crippen LogP) is 3.92. The molecule has 3 aliphatic heterocycles. The van der Waals surface area contributed by atoms with E-state index in [0.29, 0.717) is 75.3 Å². The SMILES string of the molecule is O=C1Nc2c(Cl)cc(-c3ccc(C(=O)N4CCN(CC(=O)N5CCOCC5)CC4)cc3)cc2C2(CCCCC2)N1. The number of nitrogens with one attached hydrogen (secondary N) is 2. The summed E-state index contributed by atoms with van der Waals surface area (Å²) in [6, 6.07) is 11.5. The van der Waals surface area contributed by atoms with E-state index in [0.717, 1.165) is 42.4 Å². The zero-order chi connectivity index (χ0) is 27.7. The van der Waals surface area contributed by atoms with Crippen LogP contribution in [0.15, 0.2) is 36.4 Å². The largest absolute Gasteiger partial charge is 0.378 e. The van der Waals surface area contributed by atoms with Crippen molar-refractivity contribution in [2.45, 2.75) is 37.6 Å². The van der Waals surface area contributed by atoms with Crippen LogP contribution < -0.4 is 10.6 Å². The van der Waals surface area contributed by atoms with Crippen LogP contribution in [0, 0.1) is 0 Å². The van der Waals surface area contributed by atoms with Gasteiger partial charge in [-0.3, -0.25) is 14.5 Å². The van der Waals surface area contributed by atoms with Crippen molar-refractivity contribution in [1.82, 2.24) is 20.0 Å². The molecule has 2 aromatic rings. The number of halogens is 1. The molecule has 2 aromatic carbocycles. The van der Waals surface area contributed by atoms with E-state index in [1.54, 1.807) is 0 Å². The number of hydrogen-bond donors (Lipinski definition) is 2. The van der Waals surface area contributed by atoms with Crippen molar-refractivity contribution in [2.75, 3.05) is 64.3 Å². The molecule has 2 saturated heterocycles. The van der Waals surface area contributed by atoms with Gasteiger partial charge in [0.25, 0.3) is 5.91 Å². The number of ether oxygens (including phenoxy) is 1. The molecule has 0 atom stereocenters. The molecule has 3 fully saturated rings. The van der Waals surface area contributed by atoms with E-state index in [9.17, 15) is 14.4 Å². The van der Waals surface area contributed by atoms with Crippen LogP contribution in [0.3, 0.4) is 0 Å². The summed E-state index contributed by atoms with van der Waals surface area (Å²) in [6.45, 7) is 5.44. The van der Waals surface area contributed by atoms with Gasteiger partial charge in [0, 0.05) is 50.4 Å². The van der Waals surface area contributed by atoms with Gasteiger partial charge in [-0.2, -0.15) is 0 Å². The molecule has 4 amide bonds. The van der Waals surface area contributed by atoms with Crippen LogP contribution in [-0.4, -0.2) is 91.6 Å². The molecule has 0 aromatic heterocycles. The summed E-state index contributed by atoms with van der Waals surface area (Å²) in [5, 5.41) is 6.63. The first-order chi connectivity index (χ1) is 19.4. The zero-order valence-corrected chi connectivity index (χ0v) is 23.5. The standard InChI is InChI=1S/C30H36ClN5O4/c31-25-19-23(18-24-27(25)32-29(39)33-30(24)8-2-1-3-9-30)21-4-6-22(7-5-21)28(38)36-12-10-34(11-13-36)20-26(37)35-14-16-40-17-15-35/h4-7,18-19H,1-3,8-17,20H2,(H2,32,33,39). The summed E-state index contributed by atoms with van der Waals surface area (Å²) in [5.74, 6) is 0.135. The molecule has 0 radical (unpaired) electrons. The maximum atomic E-state index is 13.3. The van der Waals surface area contributed by atoms with Crippen molar-refractivity contribution >= 4 is 35.1 Å². The average molecular weight is 566 g/mol. The van der Waals surface area contributed by atoms with Gasteiger partial charge in [-0.1, -0.05) is 43.0 Å². The first-order valence-corrected chi connectivity index (χ1v) is 14.7. The second-order valence-electron chi connectivity index (χ2n) is 11.2. The number of urea groups is 1. The summed E-state index contributed by atoms with van der Waals surface area (Å²) in [5.41, 5.74) is 3.93. The van der Waals surface area contributed by atoms with Crippen LogP contribution >= 0.6 is 11.6 Å². The number of fused-ring (bicyclic) bond motifs is 2. The monoisotopic (exact) mass is 565 g/mol. The van der Waals surface area contributed by atoms with Crippen LogP contribution in [-0.2, 0) is 15.1 Å². The quantitative estimate of drug-likeness (QED) is 0.586. The minimum absolute atomic E-state index is 0.00208. The van der Waals surface area contributed by atoms with Gasteiger partial charge >= 0.3 is 6.03 Å². The van der Waals surface area contributed by atoms with E-state index in [1.807, 2.05) is 40.1 Å². The Morgan fingerprint density at radius 3 is 2.27 bits per heavy atom. The molecule has 4 aliphatic rings. The van der Waals surface area contributed by atoms with Crippen molar-refractivity contribution in [3.8, 4) is 11.1 Å². The van der Waals surface area contributed by atoms with Gasteiger partial charge in [0.15, 0.2) is 0 Å². The van der Waals surface area contributed by atoms with Gasteiger partial charge in [-0.05, 0) is 48.2 Å². The third-order valence-electron chi connectivity index (χ3n) is 8.75. The van der Waals surface area contributed by atoms with Crippen LogP contribution in [0.2, 0.25) is 5.02 Å². The normalized spacial score (nSPS) is 21.0. The molecular weight excluding hydrogens is 530 g/mol. The number of amides is 4. The van der Waals surface area contributed by atoms with E-state index in [2.05, 4.69) is 21.6 Å². The molecule has 1 spiro atoms. The van der Waals surface area contributed by atoms with Crippen molar-refractivity contribution in [1.29, 1.82) is 0 Å². The van der Waals surface area contributed by atoms with E-state index in [-0.39, 0.29) is 23.4 Å². The minimum atomic E-state index is -0.388. The van der Waals surface area contributed by atoms with E-state index >= 15 is 0 Å². The van der Waals surface area contributed by atoms with Gasteiger partial charge in [-0.15, -0.1) is 0 Å². The molecule has 6 rings (SSSR count). The molecule has 0 bridgehead atoms. The number of carbonyl (C=O) groups is 3. The first kappa shape index (κ1) is 27.1. The van der Waals surface area contributed by atoms with Crippen molar-refractivity contribution in [2.24, 2.45) is 0 Å². The Balaban J connectivity index is 1.12. The van der Waals surface area contributed by atoms with Gasteiger partial charge < -0.3 is 25.2 Å². The second-order valence-corrected chi connectivity index (χ2v) is 11.6. The Kier molecular flexibility index (Phi) is 7.70. The summed E-state index contributed by atoms with van der Waals surface area (Å²) < 4.78 is 5.34. The highest BCUT2D eigenvalue weighted by Gasteiger charge is 2.41. The fraction of sp³-hybridized carbons (Fsp3) is 0.500. The van der Waals surface area contributed by atoms with Crippen molar-refractivity contribution < 1.29 is 19.1 Å². The van der Waals surface area contributed by atoms with Crippen LogP contribution in [0.4, 0.5) is 10.5 Å². The van der Waals surface area contributed by atoms with Crippen molar-refractivity contribution in [3.63, 3.8) is 0 Å². The van der Waals surface area contributed by atoms with Gasteiger partial charge in [-0.25, -0.2) is 4.79 Å². The van der Waals surface area contributed by atoms with Crippen LogP contribution in [0.5, 0.6) is 0 Å². The molecule has 3 heterocycles. The second kappa shape index (κ2) is 11.4. The van der Waals surface area contributed by atoms with Gasteiger partial charge in [0.2, 0.25) is 5.91 Å². The van der Waals surface area contributed by atoms with E-state index < -0.39 is 0 Å². The Labute approximate surface area is 239 Å². The number of piperazine rings is 1. The lowest BCUT2D eigenvalue weighted by atomic mass is 9.74. The molecule has 0 unspecified atom stereocenters. The fourth-order valence-corrected chi connectivity index (χ4v) is 6.72. The molecule has 40 heavy (non-hydrogen) atoms. The predicted molar refractivity (Wildman–Crippen MR) is 154 cm³/mol. The van der Waals surface area contributed by atoms with Crippen LogP contribution in [0.25, 0.3) is 11.1 Å². The molecule has 2 N–H and O–H groups in total. The van der Waals surface area contributed by atoms with E-state index in [4.69, 9.17) is 16.3 Å². The van der Waals surface area contributed by atoms with E-state index in [1.165, 1.54) is 6.42 Å². The molecule has 9 nitrogen and oxygen atoms in total. The maximum Gasteiger partial charge on any atom is 0.319 e. The molecule has 1 aliphatic carbocycles. The third-order valence-corrected chi connectivity index (χ3v) is 9.05. The first-order valence-electron chi connectivity index (χ1n) is 14.3. The lowest BCUT2D eigenvalue weighted by Gasteiger charge is -2.43. The minimum Gasteiger partial charge on any atom is -0.378 e. The van der Waals surface area contributed by atoms with Gasteiger partial charge in [0.1, 0.15) is 0 Å². The summed E-state index contributed by atoms with van der Waals surface area (Å²) in [4.78, 5) is 44.1. The van der Waals surface area contributed by atoms with Crippen molar-refractivity contribution in [3.05, 3.63) is 52.5 Å². The molecule has 10 heteroatoms. The highest BCUT2D eigenvalue weighted by atomic mass is 35.5. The number of benzene rings is 2.